The highest BCUT2D eigenvalue weighted by Crippen LogP contribution is 2.42. The van der Waals surface area contributed by atoms with E-state index in [1.807, 2.05) is 50.8 Å². The van der Waals surface area contributed by atoms with Crippen molar-refractivity contribution >= 4 is 34.2 Å². The molecular weight excluding hydrogens is 474 g/mol. The Morgan fingerprint density at radius 1 is 1.25 bits per heavy atom. The Balaban J connectivity index is 1.93. The highest BCUT2D eigenvalue weighted by Gasteiger charge is 2.46. The summed E-state index contributed by atoms with van der Waals surface area (Å²) in [5, 5.41) is 4.80. The number of aryl methyl sites for hydroxylation is 2. The summed E-state index contributed by atoms with van der Waals surface area (Å²) >= 11 is 5.71. The van der Waals surface area contributed by atoms with Crippen LogP contribution in [-0.2, 0) is 11.2 Å². The van der Waals surface area contributed by atoms with Gasteiger partial charge in [0.15, 0.2) is 17.1 Å². The maximum absolute atomic E-state index is 13.3. The standard InChI is InChI=1S/C27H35N5O3S/c1-6-11-23-28-17(4)24-26(34)29-25(30-32(23)24)20-16-19(12-13-21(20)35-8-3)31(18(5)36)27(22(33)7-2)14-9-10-15-27/h12-13,16H,6-11,14-15H2,1-5H3,(H,29,30,34). The molecule has 4 rings (SSSR count). The third-order valence-electron chi connectivity index (χ3n) is 7.01. The maximum atomic E-state index is 13.3. The summed E-state index contributed by atoms with van der Waals surface area (Å²) in [6.45, 7) is 10.0. The number of rotatable bonds is 9. The molecule has 0 spiro atoms. The average Bonchev–Trinajstić information content (AvgIpc) is 3.45. The van der Waals surface area contributed by atoms with Crippen LogP contribution in [0.1, 0.15) is 77.7 Å². The number of H-pyrrole nitrogens is 1. The molecule has 0 atom stereocenters. The van der Waals surface area contributed by atoms with E-state index < -0.39 is 5.54 Å². The Morgan fingerprint density at radius 3 is 2.58 bits per heavy atom. The fraction of sp³-hybridized carbons (Fsp3) is 0.519. The minimum absolute atomic E-state index is 0.200. The lowest BCUT2D eigenvalue weighted by molar-refractivity contribution is -0.123. The van der Waals surface area contributed by atoms with Crippen LogP contribution < -0.4 is 15.2 Å². The van der Waals surface area contributed by atoms with Crippen LogP contribution in [0, 0.1) is 6.92 Å². The number of carbonyl (C=O) groups is 1. The van der Waals surface area contributed by atoms with E-state index in [4.69, 9.17) is 22.1 Å². The fourth-order valence-corrected chi connectivity index (χ4v) is 5.79. The highest BCUT2D eigenvalue weighted by atomic mass is 32.1. The molecule has 0 amide bonds. The van der Waals surface area contributed by atoms with Gasteiger partial charge in [0.1, 0.15) is 17.1 Å². The highest BCUT2D eigenvalue weighted by molar-refractivity contribution is 7.80. The first-order valence-electron chi connectivity index (χ1n) is 12.9. The number of anilines is 1. The molecule has 1 N–H and O–H groups in total. The Hall–Kier alpha value is -3.07. The number of hydrogen-bond acceptors (Lipinski definition) is 6. The van der Waals surface area contributed by atoms with Gasteiger partial charge in [0.05, 0.1) is 22.9 Å². The first-order valence-corrected chi connectivity index (χ1v) is 13.3. The number of aromatic amines is 1. The van der Waals surface area contributed by atoms with Crippen molar-refractivity contribution in [3.8, 4) is 17.1 Å². The summed E-state index contributed by atoms with van der Waals surface area (Å²) < 4.78 is 7.59. The number of aromatic nitrogens is 4. The van der Waals surface area contributed by atoms with E-state index in [1.165, 1.54) is 0 Å². The minimum Gasteiger partial charge on any atom is -0.493 e. The molecule has 36 heavy (non-hydrogen) atoms. The number of benzene rings is 1. The number of ketones is 1. The summed E-state index contributed by atoms with van der Waals surface area (Å²) in [5.74, 6) is 1.94. The van der Waals surface area contributed by atoms with E-state index in [2.05, 4.69) is 16.9 Å². The van der Waals surface area contributed by atoms with E-state index in [0.29, 0.717) is 52.8 Å². The molecule has 9 heteroatoms. The molecular formula is C27H35N5O3S. The summed E-state index contributed by atoms with van der Waals surface area (Å²) in [5.41, 5.74) is 1.64. The van der Waals surface area contributed by atoms with Crippen LogP contribution in [-0.4, -0.2) is 42.5 Å². The number of Topliss-reactive ketones (excluding diaryl/α,β-unsaturated/α-hetero) is 1. The zero-order chi connectivity index (χ0) is 26.0. The monoisotopic (exact) mass is 509 g/mol. The first-order chi connectivity index (χ1) is 17.3. The minimum atomic E-state index is -0.647. The molecule has 0 radical (unpaired) electrons. The zero-order valence-corrected chi connectivity index (χ0v) is 22.6. The number of ether oxygens (including phenoxy) is 1. The van der Waals surface area contributed by atoms with Gasteiger partial charge >= 0.3 is 0 Å². The number of hydrogen-bond donors (Lipinski definition) is 1. The lowest BCUT2D eigenvalue weighted by Crippen LogP contribution is -2.54. The summed E-state index contributed by atoms with van der Waals surface area (Å²) in [6.07, 6.45) is 5.56. The molecule has 1 aromatic carbocycles. The number of nitrogens with one attached hydrogen (secondary N) is 1. The van der Waals surface area contributed by atoms with E-state index in [1.54, 1.807) is 4.52 Å². The summed E-state index contributed by atoms with van der Waals surface area (Å²) in [6, 6.07) is 5.74. The molecule has 8 nitrogen and oxygen atoms in total. The van der Waals surface area contributed by atoms with Crippen LogP contribution in [0.2, 0.25) is 0 Å². The van der Waals surface area contributed by atoms with Crippen molar-refractivity contribution in [1.82, 2.24) is 19.6 Å². The molecule has 1 aliphatic rings. The summed E-state index contributed by atoms with van der Waals surface area (Å²) in [7, 11) is 0. The SMILES string of the molecule is CCCc1nc(C)c2c(=O)[nH]c(-c3cc(N(C(C)=S)C4(C(=O)CC)CCCC4)ccc3OCC)nn12. The molecule has 0 saturated heterocycles. The van der Waals surface area contributed by atoms with Gasteiger partial charge in [-0.1, -0.05) is 38.9 Å². The summed E-state index contributed by atoms with van der Waals surface area (Å²) in [4.78, 5) is 36.6. The van der Waals surface area contributed by atoms with Gasteiger partial charge in [-0.15, -0.1) is 5.10 Å². The number of carbonyl (C=O) groups excluding carboxylic acids is 1. The first kappa shape index (κ1) is 26.0. The van der Waals surface area contributed by atoms with Crippen molar-refractivity contribution in [3.05, 3.63) is 40.1 Å². The number of thiocarbonyl (C=S) groups is 1. The molecule has 0 unspecified atom stereocenters. The van der Waals surface area contributed by atoms with Crippen LogP contribution in [0.25, 0.3) is 16.9 Å². The predicted molar refractivity (Wildman–Crippen MR) is 146 cm³/mol. The molecule has 0 aliphatic heterocycles. The van der Waals surface area contributed by atoms with Gasteiger partial charge in [-0.2, -0.15) is 0 Å². The second-order valence-electron chi connectivity index (χ2n) is 9.41. The number of imidazole rings is 1. The Bertz CT molecular complexity index is 1350. The van der Waals surface area contributed by atoms with E-state index in [-0.39, 0.29) is 11.3 Å². The molecule has 3 aromatic rings. The smallest absolute Gasteiger partial charge is 0.277 e. The van der Waals surface area contributed by atoms with Gasteiger partial charge in [-0.05, 0) is 58.2 Å². The maximum Gasteiger partial charge on any atom is 0.277 e. The average molecular weight is 510 g/mol. The van der Waals surface area contributed by atoms with E-state index in [9.17, 15) is 9.59 Å². The van der Waals surface area contributed by atoms with Crippen molar-refractivity contribution in [1.29, 1.82) is 0 Å². The fourth-order valence-electron chi connectivity index (χ4n) is 5.51. The lowest BCUT2D eigenvalue weighted by atomic mass is 9.87. The van der Waals surface area contributed by atoms with Crippen LogP contribution in [0.15, 0.2) is 23.0 Å². The Labute approximate surface area is 217 Å². The van der Waals surface area contributed by atoms with Crippen molar-refractivity contribution in [3.63, 3.8) is 0 Å². The Kier molecular flexibility index (Phi) is 7.59. The third-order valence-corrected chi connectivity index (χ3v) is 7.19. The van der Waals surface area contributed by atoms with Crippen molar-refractivity contribution in [2.24, 2.45) is 0 Å². The van der Waals surface area contributed by atoms with Crippen molar-refractivity contribution < 1.29 is 9.53 Å². The molecule has 192 valence electrons. The second-order valence-corrected chi connectivity index (χ2v) is 10.0. The second kappa shape index (κ2) is 10.5. The van der Waals surface area contributed by atoms with Crippen LogP contribution in [0.5, 0.6) is 5.75 Å². The van der Waals surface area contributed by atoms with Gasteiger partial charge in [-0.3, -0.25) is 9.59 Å². The van der Waals surface area contributed by atoms with Crippen LogP contribution in [0.3, 0.4) is 0 Å². The third kappa shape index (κ3) is 4.45. The van der Waals surface area contributed by atoms with Crippen LogP contribution in [0.4, 0.5) is 5.69 Å². The van der Waals surface area contributed by atoms with Gasteiger partial charge in [-0.25, -0.2) is 9.50 Å². The molecule has 1 saturated carbocycles. The Morgan fingerprint density at radius 2 is 1.97 bits per heavy atom. The largest absolute Gasteiger partial charge is 0.493 e. The number of nitrogens with zero attached hydrogens (tertiary/aromatic N) is 4. The molecule has 2 aromatic heterocycles. The molecule has 2 heterocycles. The van der Waals surface area contributed by atoms with Crippen molar-refractivity contribution in [2.75, 3.05) is 11.5 Å². The van der Waals surface area contributed by atoms with E-state index >= 15 is 0 Å². The van der Waals surface area contributed by atoms with Crippen LogP contribution >= 0.6 is 12.2 Å². The van der Waals surface area contributed by atoms with Crippen molar-refractivity contribution in [2.45, 2.75) is 85.1 Å². The quantitative estimate of drug-likeness (QED) is 0.397. The predicted octanol–water partition coefficient (Wildman–Crippen LogP) is 5.19. The van der Waals surface area contributed by atoms with Gasteiger partial charge in [0.2, 0.25) is 0 Å². The molecule has 1 aliphatic carbocycles. The van der Waals surface area contributed by atoms with Gasteiger partial charge in [0.25, 0.3) is 5.56 Å². The van der Waals surface area contributed by atoms with Gasteiger partial charge in [0, 0.05) is 18.5 Å². The normalized spacial score (nSPS) is 14.8. The molecule has 1 fully saturated rings. The lowest BCUT2D eigenvalue weighted by Gasteiger charge is -2.41. The topological polar surface area (TPSA) is 92.6 Å². The molecule has 0 bridgehead atoms. The van der Waals surface area contributed by atoms with Gasteiger partial charge < -0.3 is 14.6 Å². The van der Waals surface area contributed by atoms with E-state index in [0.717, 1.165) is 43.6 Å². The zero-order valence-electron chi connectivity index (χ0n) is 21.8. The number of fused-ring (bicyclic) bond motifs is 1.